The molecule has 0 saturated heterocycles. The van der Waals surface area contributed by atoms with Gasteiger partial charge in [0.05, 0.1) is 12.0 Å². The molecule has 2 N–H and O–H groups in total. The Morgan fingerprint density at radius 1 is 1.57 bits per heavy atom. The summed E-state index contributed by atoms with van der Waals surface area (Å²) in [5.74, 6) is -2.00. The molecule has 0 aliphatic heterocycles. The molecule has 6 nitrogen and oxygen atoms in total. The third-order valence-electron chi connectivity index (χ3n) is 1.46. The second-order valence-electron chi connectivity index (χ2n) is 3.07. The molecule has 0 aromatic heterocycles. The fraction of sp³-hybridized carbons (Fsp3) is 0.714. The maximum Gasteiger partial charge on any atom is 0.217 e. The van der Waals surface area contributed by atoms with Gasteiger partial charge in [0.1, 0.15) is 0 Å². The largest absolute Gasteiger partial charge is 0.548 e. The summed E-state index contributed by atoms with van der Waals surface area (Å²) in [4.78, 5) is 21.0. The highest BCUT2D eigenvalue weighted by molar-refractivity contribution is 7.91. The van der Waals surface area contributed by atoms with Gasteiger partial charge in [-0.25, -0.2) is 0 Å². The lowest BCUT2D eigenvalue weighted by Crippen LogP contribution is -2.47. The Bertz CT molecular complexity index is 323. The van der Waals surface area contributed by atoms with Crippen LogP contribution in [-0.2, 0) is 19.3 Å². The number of amides is 1. The molecule has 0 rings (SSSR count). The molecule has 14 heavy (non-hydrogen) atoms. The minimum absolute atomic E-state index is 0.0548. The molecule has 82 valence electrons. The molecule has 0 aromatic rings. The van der Waals surface area contributed by atoms with Crippen LogP contribution in [-0.4, -0.2) is 34.1 Å². The third kappa shape index (κ3) is 6.41. The first-order chi connectivity index (χ1) is 6.22. The summed E-state index contributed by atoms with van der Waals surface area (Å²) in [6, 6.07) is -1.17. The Labute approximate surface area is 82.7 Å². The molecule has 0 saturated carbocycles. The average Bonchev–Trinajstić information content (AvgIpc) is 1.94. The van der Waals surface area contributed by atoms with E-state index >= 15 is 0 Å². The first-order valence-corrected chi connectivity index (χ1v) is 6.05. The number of carbonyl (C=O) groups excluding carboxylic acids is 2. The van der Waals surface area contributed by atoms with Gasteiger partial charge in [0.25, 0.3) is 0 Å². The van der Waals surface area contributed by atoms with E-state index in [1.54, 1.807) is 0 Å². The lowest BCUT2D eigenvalue weighted by molar-refractivity contribution is -0.308. The van der Waals surface area contributed by atoms with Crippen molar-refractivity contribution in [3.63, 3.8) is 0 Å². The number of hydrogen-bond acceptors (Lipinski definition) is 5. The summed E-state index contributed by atoms with van der Waals surface area (Å²) in [5, 5.41) is 12.6. The lowest BCUT2D eigenvalue weighted by atomic mass is 10.2. The lowest BCUT2D eigenvalue weighted by Gasteiger charge is -2.18. The van der Waals surface area contributed by atoms with Crippen LogP contribution in [0.5, 0.6) is 0 Å². The molecule has 0 spiro atoms. The van der Waals surface area contributed by atoms with Crippen LogP contribution in [0.2, 0.25) is 0 Å². The molecule has 0 aliphatic carbocycles. The van der Waals surface area contributed by atoms with Crippen LogP contribution in [0, 0.1) is 4.78 Å². The molecule has 0 radical (unpaired) electrons. The molecular formula is C7H13N2O4S-. The predicted octanol–water partition coefficient (Wildman–Crippen LogP) is -1.69. The fourth-order valence-electron chi connectivity index (χ4n) is 0.837. The SMILES string of the molecule is CC(=O)N[C@@H](CCS(C)(=N)=O)C(=O)[O-]. The quantitative estimate of drug-likeness (QED) is 0.577. The van der Waals surface area contributed by atoms with Crippen LogP contribution in [0.15, 0.2) is 0 Å². The summed E-state index contributed by atoms with van der Waals surface area (Å²) in [7, 11) is -2.73. The summed E-state index contributed by atoms with van der Waals surface area (Å²) in [6.07, 6.45) is 1.16. The fourth-order valence-corrected chi connectivity index (χ4v) is 1.52. The van der Waals surface area contributed by atoms with Crippen molar-refractivity contribution in [2.24, 2.45) is 0 Å². The first kappa shape index (κ1) is 12.9. The molecule has 1 amide bonds. The van der Waals surface area contributed by atoms with Crippen LogP contribution in [0.3, 0.4) is 0 Å². The van der Waals surface area contributed by atoms with Crippen molar-refractivity contribution in [3.8, 4) is 0 Å². The molecule has 0 heterocycles. The van der Waals surface area contributed by atoms with Gasteiger partial charge in [-0.05, 0) is 6.42 Å². The number of carboxylic acids is 1. The number of carboxylic acid groups (broad SMARTS) is 1. The summed E-state index contributed by atoms with van der Waals surface area (Å²) < 4.78 is 18.0. The second kappa shape index (κ2) is 4.94. The van der Waals surface area contributed by atoms with E-state index in [0.717, 1.165) is 0 Å². The molecule has 2 atom stereocenters. The van der Waals surface area contributed by atoms with Crippen molar-refractivity contribution in [2.45, 2.75) is 19.4 Å². The Morgan fingerprint density at radius 3 is 2.36 bits per heavy atom. The monoisotopic (exact) mass is 221 g/mol. The predicted molar refractivity (Wildman–Crippen MR) is 48.9 cm³/mol. The van der Waals surface area contributed by atoms with E-state index in [-0.39, 0.29) is 12.2 Å². The molecular weight excluding hydrogens is 208 g/mol. The van der Waals surface area contributed by atoms with Crippen molar-refractivity contribution in [3.05, 3.63) is 0 Å². The average molecular weight is 221 g/mol. The van der Waals surface area contributed by atoms with E-state index in [2.05, 4.69) is 5.32 Å². The van der Waals surface area contributed by atoms with Crippen molar-refractivity contribution in [1.82, 2.24) is 5.32 Å². The highest BCUT2D eigenvalue weighted by Crippen LogP contribution is 1.96. The van der Waals surface area contributed by atoms with Crippen LogP contribution in [0.1, 0.15) is 13.3 Å². The van der Waals surface area contributed by atoms with E-state index in [0.29, 0.717) is 0 Å². The summed E-state index contributed by atoms with van der Waals surface area (Å²) in [5.41, 5.74) is 0. The highest BCUT2D eigenvalue weighted by Gasteiger charge is 2.12. The standard InChI is InChI=1S/C7H14N2O4S/c1-5(10)9-6(7(11)12)3-4-14(2,8)13/h6,8H,3-4H2,1-2H3,(H,9,10)(H,11,12)/p-1/t6-,14?/m0/s1. The number of carbonyl (C=O) groups is 2. The smallest absolute Gasteiger partial charge is 0.217 e. The van der Waals surface area contributed by atoms with E-state index in [1.165, 1.54) is 13.2 Å². The van der Waals surface area contributed by atoms with Crippen LogP contribution in [0.25, 0.3) is 0 Å². The van der Waals surface area contributed by atoms with Gasteiger partial charge in [0, 0.05) is 28.7 Å². The second-order valence-corrected chi connectivity index (χ2v) is 5.49. The Hall–Kier alpha value is -1.11. The van der Waals surface area contributed by atoms with Gasteiger partial charge in [-0.1, -0.05) is 0 Å². The van der Waals surface area contributed by atoms with Crippen molar-refractivity contribution >= 4 is 21.6 Å². The minimum Gasteiger partial charge on any atom is -0.548 e. The molecule has 0 bridgehead atoms. The molecule has 7 heteroatoms. The first-order valence-electron chi connectivity index (χ1n) is 3.92. The van der Waals surface area contributed by atoms with E-state index in [1.807, 2.05) is 0 Å². The zero-order valence-corrected chi connectivity index (χ0v) is 8.85. The van der Waals surface area contributed by atoms with Gasteiger partial charge in [-0.2, -0.15) is 0 Å². The highest BCUT2D eigenvalue weighted by atomic mass is 32.2. The minimum atomic E-state index is -2.73. The molecule has 0 aliphatic rings. The van der Waals surface area contributed by atoms with Gasteiger partial charge in [-0.3, -0.25) is 13.8 Å². The number of nitrogens with one attached hydrogen (secondary N) is 2. The van der Waals surface area contributed by atoms with Crippen LogP contribution < -0.4 is 10.4 Å². The van der Waals surface area contributed by atoms with Gasteiger partial charge in [0.2, 0.25) is 5.91 Å². The van der Waals surface area contributed by atoms with E-state index in [9.17, 15) is 18.9 Å². The molecule has 0 aromatic carbocycles. The van der Waals surface area contributed by atoms with Gasteiger partial charge in [-0.15, -0.1) is 0 Å². The Morgan fingerprint density at radius 2 is 2.07 bits per heavy atom. The normalized spacial score (nSPS) is 16.7. The number of rotatable bonds is 5. The van der Waals surface area contributed by atoms with E-state index < -0.39 is 27.6 Å². The maximum atomic E-state index is 10.9. The van der Waals surface area contributed by atoms with Crippen molar-refractivity contribution in [2.75, 3.05) is 12.0 Å². The van der Waals surface area contributed by atoms with Gasteiger partial charge < -0.3 is 15.2 Å². The Kier molecular flexibility index (Phi) is 4.55. The number of aliphatic carboxylic acids is 1. The topological polar surface area (TPSA) is 110 Å². The van der Waals surface area contributed by atoms with Crippen molar-refractivity contribution in [1.29, 1.82) is 4.78 Å². The zero-order valence-electron chi connectivity index (χ0n) is 8.03. The van der Waals surface area contributed by atoms with Crippen LogP contribution in [0.4, 0.5) is 0 Å². The maximum absolute atomic E-state index is 10.9. The number of hydrogen-bond donors (Lipinski definition) is 2. The summed E-state index contributed by atoms with van der Waals surface area (Å²) in [6.45, 7) is 1.18. The Balaban J connectivity index is 4.25. The molecule has 0 fully saturated rings. The molecule has 1 unspecified atom stereocenters. The third-order valence-corrected chi connectivity index (χ3v) is 2.47. The zero-order chi connectivity index (χ0) is 11.4. The van der Waals surface area contributed by atoms with Crippen molar-refractivity contribution < 1.29 is 18.9 Å². The van der Waals surface area contributed by atoms with Gasteiger partial charge >= 0.3 is 0 Å². The summed E-state index contributed by atoms with van der Waals surface area (Å²) >= 11 is 0. The van der Waals surface area contributed by atoms with E-state index in [4.69, 9.17) is 4.78 Å². The van der Waals surface area contributed by atoms with Crippen LogP contribution >= 0.6 is 0 Å². The van der Waals surface area contributed by atoms with Gasteiger partial charge in [0.15, 0.2) is 0 Å².